The number of aliphatic hydroxyl groups excluding tert-OH is 1. The van der Waals surface area contributed by atoms with Crippen LogP contribution in [0.5, 0.6) is 17.2 Å². The molecule has 0 aromatic heterocycles. The Kier molecular flexibility index (Phi) is 7.66. The van der Waals surface area contributed by atoms with Crippen LogP contribution in [0, 0.1) is 0 Å². The fourth-order valence-electron chi connectivity index (χ4n) is 2.55. The molecule has 7 heteroatoms. The number of para-hydroxylation sites is 1. The Hall–Kier alpha value is -3.03. The van der Waals surface area contributed by atoms with Gasteiger partial charge in [-0.1, -0.05) is 30.3 Å². The topological polar surface area (TPSA) is 108 Å². The lowest BCUT2D eigenvalue weighted by atomic mass is 10.00. The van der Waals surface area contributed by atoms with E-state index in [4.69, 9.17) is 14.7 Å². The van der Waals surface area contributed by atoms with Crippen LogP contribution < -0.4 is 15.0 Å². The number of hydrogen-bond acceptors (Lipinski definition) is 6. The molecule has 0 aliphatic carbocycles. The highest BCUT2D eigenvalue weighted by molar-refractivity contribution is 5.86. The highest BCUT2D eigenvalue weighted by atomic mass is 16.5. The van der Waals surface area contributed by atoms with Gasteiger partial charge in [-0.2, -0.15) is 0 Å². The van der Waals surface area contributed by atoms with Gasteiger partial charge in [-0.25, -0.2) is 5.48 Å². The number of allylic oxidation sites excluding steroid dienone is 1. The second-order valence-electron chi connectivity index (χ2n) is 5.80. The summed E-state index contributed by atoms with van der Waals surface area (Å²) in [4.78, 5) is 11.0. The summed E-state index contributed by atoms with van der Waals surface area (Å²) in [6, 6.07) is 13.7. The molecule has 27 heavy (non-hydrogen) atoms. The number of benzene rings is 2. The summed E-state index contributed by atoms with van der Waals surface area (Å²) in [5.41, 5.74) is 1.99. The number of nitrogens with one attached hydrogen (secondary N) is 1. The van der Waals surface area contributed by atoms with Gasteiger partial charge in [0.2, 0.25) is 0 Å². The maximum atomic E-state index is 11.0. The van der Waals surface area contributed by atoms with Crippen LogP contribution in [0.1, 0.15) is 24.5 Å². The Morgan fingerprint density at radius 1 is 1.22 bits per heavy atom. The fraction of sp³-hybridized carbons (Fsp3) is 0.250. The van der Waals surface area contributed by atoms with Crippen LogP contribution in [0.15, 0.2) is 60.7 Å². The Morgan fingerprint density at radius 3 is 2.59 bits per heavy atom. The molecule has 0 bridgehead atoms. The van der Waals surface area contributed by atoms with E-state index in [1.807, 2.05) is 18.2 Å². The third-order valence-electron chi connectivity index (χ3n) is 3.92. The third kappa shape index (κ3) is 6.02. The van der Waals surface area contributed by atoms with Gasteiger partial charge in [-0.05, 0) is 42.7 Å². The zero-order valence-electron chi connectivity index (χ0n) is 14.9. The molecule has 0 aliphatic rings. The van der Waals surface area contributed by atoms with Crippen molar-refractivity contribution in [1.29, 1.82) is 0 Å². The molecule has 7 nitrogen and oxygen atoms in total. The minimum atomic E-state index is -1.01. The number of aromatic hydroxyl groups is 1. The van der Waals surface area contributed by atoms with Gasteiger partial charge in [-0.3, -0.25) is 10.0 Å². The largest absolute Gasteiger partial charge is 0.504 e. The average molecular weight is 373 g/mol. The molecule has 0 radical (unpaired) electrons. The lowest BCUT2D eigenvalue weighted by molar-refractivity contribution is -0.124. The minimum absolute atomic E-state index is 0.0768. The molecule has 144 valence electrons. The molecule has 0 spiro atoms. The Morgan fingerprint density at radius 2 is 1.96 bits per heavy atom. The molecule has 2 rings (SSSR count). The zero-order chi connectivity index (χ0) is 19.6. The molecule has 2 aromatic carbocycles. The number of amides is 1. The molecule has 0 unspecified atom stereocenters. The van der Waals surface area contributed by atoms with Gasteiger partial charge >= 0.3 is 0 Å². The van der Waals surface area contributed by atoms with Crippen molar-refractivity contribution in [3.8, 4) is 17.2 Å². The predicted octanol–water partition coefficient (Wildman–Crippen LogP) is 2.72. The first kappa shape index (κ1) is 20.3. The minimum Gasteiger partial charge on any atom is -0.504 e. The van der Waals surface area contributed by atoms with Gasteiger partial charge in [0, 0.05) is 6.08 Å². The van der Waals surface area contributed by atoms with Gasteiger partial charge in [0.15, 0.2) is 11.5 Å². The number of carbonyl (C=O) groups is 1. The van der Waals surface area contributed by atoms with Crippen molar-refractivity contribution in [2.24, 2.45) is 0 Å². The number of phenolic OH excluding ortho intramolecular Hbond substituents is 1. The van der Waals surface area contributed by atoms with Crippen LogP contribution >= 0.6 is 0 Å². The maximum absolute atomic E-state index is 11.0. The SMILES string of the molecule is COc1ccc([C@@H](O)[C@@H](CC/C=C/C(=O)NO)Oc2ccccc2)cc1O. The van der Waals surface area contributed by atoms with E-state index in [2.05, 4.69) is 0 Å². The second kappa shape index (κ2) is 10.2. The van der Waals surface area contributed by atoms with E-state index in [1.165, 1.54) is 24.7 Å². The lowest BCUT2D eigenvalue weighted by Crippen LogP contribution is -2.25. The standard InChI is InChI=1S/C20H23NO6/c1-26-17-12-11-14(13-16(17)22)20(24)18(9-5-6-10-19(23)21-25)27-15-7-3-2-4-8-15/h2-4,6-8,10-13,18,20,22,24-25H,5,9H2,1H3,(H,21,23)/b10-6+/t18-,20-/m1/s1. The van der Waals surface area contributed by atoms with Crippen molar-refractivity contribution in [2.75, 3.05) is 7.11 Å². The lowest BCUT2D eigenvalue weighted by Gasteiger charge is -2.24. The number of ether oxygens (including phenoxy) is 2. The normalized spacial score (nSPS) is 13.1. The van der Waals surface area contributed by atoms with Crippen molar-refractivity contribution in [3.63, 3.8) is 0 Å². The Balaban J connectivity index is 2.15. The van der Waals surface area contributed by atoms with Crippen LogP contribution in [0.3, 0.4) is 0 Å². The van der Waals surface area contributed by atoms with E-state index >= 15 is 0 Å². The quantitative estimate of drug-likeness (QED) is 0.306. The zero-order valence-corrected chi connectivity index (χ0v) is 14.9. The van der Waals surface area contributed by atoms with Gasteiger partial charge in [0.25, 0.3) is 5.91 Å². The molecule has 0 saturated carbocycles. The third-order valence-corrected chi connectivity index (χ3v) is 3.92. The summed E-state index contributed by atoms with van der Waals surface area (Å²) in [5.74, 6) is 0.198. The van der Waals surface area contributed by atoms with Crippen LogP contribution in [0.2, 0.25) is 0 Å². The molecule has 1 amide bonds. The van der Waals surface area contributed by atoms with Crippen LogP contribution in [-0.2, 0) is 4.79 Å². The smallest absolute Gasteiger partial charge is 0.267 e. The summed E-state index contributed by atoms with van der Waals surface area (Å²) in [7, 11) is 1.45. The van der Waals surface area contributed by atoms with Crippen LogP contribution in [0.25, 0.3) is 0 Å². The van der Waals surface area contributed by atoms with Crippen molar-refractivity contribution < 1.29 is 29.7 Å². The number of carbonyl (C=O) groups excluding carboxylic acids is 1. The van der Waals surface area contributed by atoms with Crippen molar-refractivity contribution >= 4 is 5.91 Å². The number of hydroxylamine groups is 1. The molecule has 0 aliphatic heterocycles. The molecule has 2 aromatic rings. The van der Waals surface area contributed by atoms with Gasteiger partial charge in [0.05, 0.1) is 7.11 Å². The summed E-state index contributed by atoms with van der Waals surface area (Å²) in [5, 5.41) is 29.2. The van der Waals surface area contributed by atoms with Crippen LogP contribution in [0.4, 0.5) is 0 Å². The summed E-state index contributed by atoms with van der Waals surface area (Å²) in [6.07, 6.45) is 1.97. The molecule has 0 saturated heterocycles. The molecular formula is C20H23NO6. The Labute approximate surface area is 157 Å². The molecule has 0 heterocycles. The first-order valence-electron chi connectivity index (χ1n) is 8.42. The van der Waals surface area contributed by atoms with E-state index in [9.17, 15) is 15.0 Å². The Bertz CT molecular complexity index is 762. The number of aliphatic hydroxyl groups is 1. The van der Waals surface area contributed by atoms with Gasteiger partial charge in [0.1, 0.15) is 18.0 Å². The molecule has 2 atom stereocenters. The fourth-order valence-corrected chi connectivity index (χ4v) is 2.55. The van der Waals surface area contributed by atoms with Gasteiger partial charge < -0.3 is 19.7 Å². The molecule has 0 fully saturated rings. The van der Waals surface area contributed by atoms with E-state index in [-0.39, 0.29) is 5.75 Å². The van der Waals surface area contributed by atoms with E-state index in [0.29, 0.717) is 29.9 Å². The highest BCUT2D eigenvalue weighted by Gasteiger charge is 2.23. The first-order valence-corrected chi connectivity index (χ1v) is 8.42. The number of hydrogen-bond donors (Lipinski definition) is 4. The summed E-state index contributed by atoms with van der Waals surface area (Å²) < 4.78 is 10.9. The summed E-state index contributed by atoms with van der Waals surface area (Å²) in [6.45, 7) is 0. The number of rotatable bonds is 9. The van der Waals surface area contributed by atoms with Crippen molar-refractivity contribution in [1.82, 2.24) is 5.48 Å². The maximum Gasteiger partial charge on any atom is 0.267 e. The molecular weight excluding hydrogens is 350 g/mol. The predicted molar refractivity (Wildman–Crippen MR) is 98.8 cm³/mol. The monoisotopic (exact) mass is 373 g/mol. The highest BCUT2D eigenvalue weighted by Crippen LogP contribution is 2.32. The molecule has 4 N–H and O–H groups in total. The van der Waals surface area contributed by atoms with E-state index < -0.39 is 18.1 Å². The van der Waals surface area contributed by atoms with E-state index in [1.54, 1.807) is 30.3 Å². The second-order valence-corrected chi connectivity index (χ2v) is 5.80. The number of phenols is 1. The van der Waals surface area contributed by atoms with Crippen molar-refractivity contribution in [3.05, 3.63) is 66.2 Å². The van der Waals surface area contributed by atoms with Crippen LogP contribution in [-0.4, -0.2) is 34.5 Å². The summed E-state index contributed by atoms with van der Waals surface area (Å²) >= 11 is 0. The van der Waals surface area contributed by atoms with Crippen molar-refractivity contribution in [2.45, 2.75) is 25.0 Å². The first-order chi connectivity index (χ1) is 13.0. The van der Waals surface area contributed by atoms with Gasteiger partial charge in [-0.15, -0.1) is 0 Å². The number of methoxy groups -OCH3 is 1. The average Bonchev–Trinajstić information content (AvgIpc) is 2.70. The van der Waals surface area contributed by atoms with E-state index in [0.717, 1.165) is 0 Å².